The summed E-state index contributed by atoms with van der Waals surface area (Å²) in [6.45, 7) is 13.4. The summed E-state index contributed by atoms with van der Waals surface area (Å²) in [7, 11) is 0. The van der Waals surface area contributed by atoms with Crippen molar-refractivity contribution in [3.63, 3.8) is 0 Å². The molecule has 5 rings (SSSR count). The van der Waals surface area contributed by atoms with E-state index in [9.17, 15) is 0 Å². The predicted octanol–water partition coefficient (Wildman–Crippen LogP) is 5.19. The van der Waals surface area contributed by atoms with E-state index >= 15 is 0 Å². The zero-order chi connectivity index (χ0) is 24.5. The maximum atomic E-state index is 5.01. The first kappa shape index (κ1) is 24.4. The number of rotatable bonds is 4. The number of nitrogens with zero attached hydrogens (tertiary/aromatic N) is 6. The second-order valence-corrected chi connectivity index (χ2v) is 21.4. The molecule has 14 heteroatoms. The molecule has 0 bridgehead atoms. The molecule has 1 saturated heterocycles. The third-order valence-corrected chi connectivity index (χ3v) is 22.5. The number of anilines is 2. The van der Waals surface area contributed by atoms with E-state index in [1.54, 1.807) is 0 Å². The van der Waals surface area contributed by atoms with E-state index in [1.807, 2.05) is 36.4 Å². The van der Waals surface area contributed by atoms with Gasteiger partial charge in [0.1, 0.15) is 0 Å². The van der Waals surface area contributed by atoms with Gasteiger partial charge in [-0.05, 0) is 0 Å². The first-order chi connectivity index (χ1) is 15.9. The molecule has 0 aliphatic carbocycles. The number of hydrogen-bond donors (Lipinski definition) is 2. The van der Waals surface area contributed by atoms with Crippen LogP contribution < -0.4 is 10.2 Å². The van der Waals surface area contributed by atoms with Gasteiger partial charge in [0, 0.05) is 0 Å². The van der Waals surface area contributed by atoms with Crippen LogP contribution in [-0.4, -0.2) is 70.8 Å². The van der Waals surface area contributed by atoms with Gasteiger partial charge in [-0.3, -0.25) is 0 Å². The Hall–Kier alpha value is -1.34. The summed E-state index contributed by atoms with van der Waals surface area (Å²) in [4.78, 5) is 0. The van der Waals surface area contributed by atoms with E-state index < -0.39 is 11.9 Å². The average Bonchev–Trinajstić information content (AvgIpc) is 3.35. The second kappa shape index (κ2) is 8.09. The molecule has 180 valence electrons. The Balaban J connectivity index is 1.65. The fourth-order valence-electron chi connectivity index (χ4n) is 4.38. The summed E-state index contributed by atoms with van der Waals surface area (Å²) in [6, 6.07) is 11.7. The Labute approximate surface area is 212 Å². The molecule has 0 amide bonds. The molecule has 10 nitrogen and oxygen atoms in total. The van der Waals surface area contributed by atoms with Crippen LogP contribution in [0.5, 0.6) is 0 Å². The van der Waals surface area contributed by atoms with Gasteiger partial charge in [-0.15, -0.1) is 0 Å². The number of hydrogen-bond acceptors (Lipinski definition) is 10. The molecule has 0 unspecified atom stereocenters. The van der Waals surface area contributed by atoms with Gasteiger partial charge in [0.05, 0.1) is 0 Å². The van der Waals surface area contributed by atoms with Crippen molar-refractivity contribution in [3.05, 3.63) is 36.4 Å². The molecule has 2 aromatic carbocycles. The van der Waals surface area contributed by atoms with E-state index in [2.05, 4.69) is 111 Å². The van der Waals surface area contributed by atoms with E-state index in [0.29, 0.717) is 22.1 Å². The molecule has 1 fully saturated rings. The zero-order valence-corrected chi connectivity index (χ0v) is 24.9. The van der Waals surface area contributed by atoms with Gasteiger partial charge in [0.15, 0.2) is 0 Å². The van der Waals surface area contributed by atoms with Crippen molar-refractivity contribution >= 4 is 75.6 Å². The van der Waals surface area contributed by atoms with E-state index in [1.165, 1.54) is 0 Å². The molecule has 1 aliphatic rings. The standard InChI is InChI=1S/C20H26N8O2P2Se2/c1-19(2,3)27-31(33,25-15-11-7-9-13-17(15)23-29-21-13)28(20(4,5)6)32(27,34)26-16-12-8-10-14-18(16)24-30-22-14/h7-12H,1-6H3,(H,25,33)(H,26,34). The minimum atomic E-state index is -2.23. The van der Waals surface area contributed by atoms with Crippen LogP contribution in [0.2, 0.25) is 0 Å². The number of aromatic nitrogens is 4. The molecule has 0 atom stereocenters. The van der Waals surface area contributed by atoms with Crippen molar-refractivity contribution < 1.29 is 9.26 Å². The van der Waals surface area contributed by atoms with Crippen LogP contribution in [0, 0.1) is 0 Å². The van der Waals surface area contributed by atoms with Gasteiger partial charge >= 0.3 is 214 Å². The Kier molecular flexibility index (Phi) is 5.79. The second-order valence-electron chi connectivity index (χ2n) is 10.1. The van der Waals surface area contributed by atoms with Crippen molar-refractivity contribution in [3.8, 4) is 0 Å². The summed E-state index contributed by atoms with van der Waals surface area (Å²) >= 11 is 7.15. The van der Waals surface area contributed by atoms with Crippen molar-refractivity contribution in [2.75, 3.05) is 10.2 Å². The Bertz CT molecular complexity index is 1360. The van der Waals surface area contributed by atoms with Crippen molar-refractivity contribution in [2.24, 2.45) is 0 Å². The Morgan fingerprint density at radius 1 is 0.676 bits per heavy atom. The van der Waals surface area contributed by atoms with Gasteiger partial charge in [0.25, 0.3) is 0 Å². The summed E-state index contributed by atoms with van der Waals surface area (Å²) in [5.41, 5.74) is 4.23. The van der Waals surface area contributed by atoms with Crippen molar-refractivity contribution in [1.82, 2.24) is 29.5 Å². The predicted molar refractivity (Wildman–Crippen MR) is 139 cm³/mol. The van der Waals surface area contributed by atoms with Gasteiger partial charge in [-0.1, -0.05) is 0 Å². The van der Waals surface area contributed by atoms with Crippen LogP contribution in [-0.2, 0) is 0 Å². The van der Waals surface area contributed by atoms with E-state index in [0.717, 1.165) is 11.4 Å². The van der Waals surface area contributed by atoms with Gasteiger partial charge in [-0.2, -0.15) is 0 Å². The SMILES string of the molecule is CC(C)(C)N1P(=[Se])(Nc2cccc3nonc23)N(C(C)(C)C)P1(=[Se])Nc1cccc2nonc12. The molecule has 0 saturated carbocycles. The molecule has 0 spiro atoms. The van der Waals surface area contributed by atoms with Crippen LogP contribution in [0.1, 0.15) is 41.5 Å². The molecule has 0 radical (unpaired) electrons. The van der Waals surface area contributed by atoms with Gasteiger partial charge in [0.2, 0.25) is 0 Å². The molecule has 3 heterocycles. The van der Waals surface area contributed by atoms with E-state index in [-0.39, 0.29) is 11.1 Å². The van der Waals surface area contributed by atoms with Crippen LogP contribution in [0.15, 0.2) is 45.7 Å². The summed E-state index contributed by atoms with van der Waals surface area (Å²) in [6.07, 6.45) is 0. The molecule has 4 aromatic rings. The van der Waals surface area contributed by atoms with Gasteiger partial charge in [-0.25, -0.2) is 0 Å². The molecule has 2 aromatic heterocycles. The topological polar surface area (TPSA) is 108 Å². The Morgan fingerprint density at radius 3 is 1.41 bits per heavy atom. The summed E-state index contributed by atoms with van der Waals surface area (Å²) < 4.78 is 15.1. The first-order valence-electron chi connectivity index (χ1n) is 10.7. The van der Waals surface area contributed by atoms with Crippen LogP contribution in [0.4, 0.5) is 11.4 Å². The normalized spacial score (nSPS) is 24.4. The third kappa shape index (κ3) is 3.76. The average molecular weight is 630 g/mol. The zero-order valence-electron chi connectivity index (χ0n) is 19.7. The van der Waals surface area contributed by atoms with Gasteiger partial charge < -0.3 is 0 Å². The first-order valence-corrected chi connectivity index (χ1v) is 18.5. The molecule has 2 N–H and O–H groups in total. The van der Waals surface area contributed by atoms with Crippen molar-refractivity contribution in [1.29, 1.82) is 0 Å². The number of benzene rings is 2. The molecule has 1 aliphatic heterocycles. The third-order valence-electron chi connectivity index (χ3n) is 5.33. The van der Waals surface area contributed by atoms with Crippen LogP contribution in [0.3, 0.4) is 0 Å². The Morgan fingerprint density at radius 2 is 1.06 bits per heavy atom. The number of nitrogens with one attached hydrogen (secondary N) is 2. The molecular weight excluding hydrogens is 604 g/mol. The molecule has 34 heavy (non-hydrogen) atoms. The fourth-order valence-corrected chi connectivity index (χ4v) is 32.5. The monoisotopic (exact) mass is 632 g/mol. The minimum absolute atomic E-state index is 0.189. The summed E-state index contributed by atoms with van der Waals surface area (Å²) in [5, 5.41) is 24.0. The summed E-state index contributed by atoms with van der Waals surface area (Å²) in [5.74, 6) is -4.47. The maximum absolute atomic E-state index is 5.01. The quantitative estimate of drug-likeness (QED) is 0.231. The fraction of sp³-hybridized carbons (Fsp3) is 0.400. The molecular formula is C20H26N8O2P2Se2. The number of fused-ring (bicyclic) bond motifs is 2. The van der Waals surface area contributed by atoms with Crippen LogP contribution >= 0.6 is 11.9 Å². The van der Waals surface area contributed by atoms with E-state index in [4.69, 9.17) is 9.26 Å². The van der Waals surface area contributed by atoms with Crippen molar-refractivity contribution in [2.45, 2.75) is 52.6 Å². The van der Waals surface area contributed by atoms with Crippen LogP contribution in [0.25, 0.3) is 22.1 Å².